The van der Waals surface area contributed by atoms with Gasteiger partial charge in [0, 0.05) is 6.54 Å². The fourth-order valence-electron chi connectivity index (χ4n) is 2.55. The summed E-state index contributed by atoms with van der Waals surface area (Å²) in [6.45, 7) is 7.38. The fraction of sp³-hybridized carbons (Fsp3) is 0.333. The van der Waals surface area contributed by atoms with E-state index in [1.165, 1.54) is 22.3 Å². The number of nitrogens with two attached hydrogens (primary N) is 1. The SMILES string of the molecule is COc1cc(CN)ccc1OCc1c(C)cc(C)cc1C. The average Bonchev–Trinajstić information content (AvgIpc) is 2.46. The molecule has 0 aliphatic carbocycles. The molecule has 112 valence electrons. The highest BCUT2D eigenvalue weighted by atomic mass is 16.5. The number of hydrogen-bond acceptors (Lipinski definition) is 3. The third kappa shape index (κ3) is 3.56. The van der Waals surface area contributed by atoms with Gasteiger partial charge < -0.3 is 15.2 Å². The van der Waals surface area contributed by atoms with Crippen LogP contribution in [0.25, 0.3) is 0 Å². The molecule has 0 saturated heterocycles. The van der Waals surface area contributed by atoms with Crippen molar-refractivity contribution in [1.82, 2.24) is 0 Å². The van der Waals surface area contributed by atoms with E-state index in [4.69, 9.17) is 15.2 Å². The number of benzene rings is 2. The lowest BCUT2D eigenvalue weighted by Crippen LogP contribution is -2.03. The third-order valence-corrected chi connectivity index (χ3v) is 3.68. The van der Waals surface area contributed by atoms with Crippen molar-refractivity contribution in [3.63, 3.8) is 0 Å². The number of rotatable bonds is 5. The molecule has 2 rings (SSSR count). The Morgan fingerprint density at radius 2 is 1.62 bits per heavy atom. The fourth-order valence-corrected chi connectivity index (χ4v) is 2.55. The summed E-state index contributed by atoms with van der Waals surface area (Å²) < 4.78 is 11.3. The van der Waals surface area contributed by atoms with Gasteiger partial charge in [-0.2, -0.15) is 0 Å². The van der Waals surface area contributed by atoms with Crippen molar-refractivity contribution in [2.75, 3.05) is 7.11 Å². The van der Waals surface area contributed by atoms with Crippen molar-refractivity contribution < 1.29 is 9.47 Å². The van der Waals surface area contributed by atoms with E-state index < -0.39 is 0 Å². The smallest absolute Gasteiger partial charge is 0.161 e. The molecule has 0 unspecified atom stereocenters. The van der Waals surface area contributed by atoms with Crippen LogP contribution in [0.2, 0.25) is 0 Å². The van der Waals surface area contributed by atoms with Gasteiger partial charge in [-0.15, -0.1) is 0 Å². The topological polar surface area (TPSA) is 44.5 Å². The molecule has 2 aromatic carbocycles. The van der Waals surface area contributed by atoms with Gasteiger partial charge >= 0.3 is 0 Å². The Kier molecular flexibility index (Phi) is 4.86. The van der Waals surface area contributed by atoms with E-state index in [2.05, 4.69) is 32.9 Å². The normalized spacial score (nSPS) is 10.5. The Hall–Kier alpha value is -2.00. The van der Waals surface area contributed by atoms with E-state index >= 15 is 0 Å². The molecule has 3 heteroatoms. The molecule has 21 heavy (non-hydrogen) atoms. The van der Waals surface area contributed by atoms with Gasteiger partial charge in [0.05, 0.1) is 7.11 Å². The molecule has 0 radical (unpaired) electrons. The van der Waals surface area contributed by atoms with Crippen LogP contribution < -0.4 is 15.2 Å². The van der Waals surface area contributed by atoms with E-state index in [1.807, 2.05) is 18.2 Å². The van der Waals surface area contributed by atoms with Crippen LogP contribution in [-0.4, -0.2) is 7.11 Å². The van der Waals surface area contributed by atoms with Gasteiger partial charge in [-0.25, -0.2) is 0 Å². The Labute approximate surface area is 126 Å². The van der Waals surface area contributed by atoms with Gasteiger partial charge in [0.1, 0.15) is 6.61 Å². The summed E-state index contributed by atoms with van der Waals surface area (Å²) >= 11 is 0. The molecule has 2 N–H and O–H groups in total. The molecular formula is C18H23NO2. The maximum atomic E-state index is 5.95. The maximum absolute atomic E-state index is 5.95. The Bertz CT molecular complexity index is 612. The van der Waals surface area contributed by atoms with Gasteiger partial charge in [0.15, 0.2) is 11.5 Å². The summed E-state index contributed by atoms with van der Waals surface area (Å²) in [6, 6.07) is 10.2. The standard InChI is InChI=1S/C18H23NO2/c1-12-7-13(2)16(14(3)8-12)11-21-17-6-5-15(10-19)9-18(17)20-4/h5-9H,10-11,19H2,1-4H3. The van der Waals surface area contributed by atoms with Crippen LogP contribution in [0.5, 0.6) is 11.5 Å². The summed E-state index contributed by atoms with van der Waals surface area (Å²) in [6.07, 6.45) is 0. The van der Waals surface area contributed by atoms with Gasteiger partial charge in [-0.3, -0.25) is 0 Å². The Morgan fingerprint density at radius 3 is 2.19 bits per heavy atom. The average molecular weight is 285 g/mol. The highest BCUT2D eigenvalue weighted by molar-refractivity contribution is 5.44. The van der Waals surface area contributed by atoms with Gasteiger partial charge in [0.25, 0.3) is 0 Å². The highest BCUT2D eigenvalue weighted by Gasteiger charge is 2.09. The van der Waals surface area contributed by atoms with Crippen molar-refractivity contribution in [2.45, 2.75) is 33.9 Å². The van der Waals surface area contributed by atoms with Crippen LogP contribution in [0.4, 0.5) is 0 Å². The summed E-state index contributed by atoms with van der Waals surface area (Å²) in [5, 5.41) is 0. The molecule has 0 atom stereocenters. The monoisotopic (exact) mass is 285 g/mol. The molecular weight excluding hydrogens is 262 g/mol. The Morgan fingerprint density at radius 1 is 0.952 bits per heavy atom. The highest BCUT2D eigenvalue weighted by Crippen LogP contribution is 2.29. The minimum Gasteiger partial charge on any atom is -0.493 e. The van der Waals surface area contributed by atoms with Crippen LogP contribution >= 0.6 is 0 Å². The second-order valence-electron chi connectivity index (χ2n) is 5.36. The Balaban J connectivity index is 2.20. The molecule has 2 aromatic rings. The van der Waals surface area contributed by atoms with Crippen molar-refractivity contribution in [3.05, 3.63) is 58.1 Å². The molecule has 0 heterocycles. The summed E-state index contributed by atoms with van der Waals surface area (Å²) in [5.74, 6) is 1.47. The molecule has 0 aliphatic heterocycles. The predicted molar refractivity (Wildman–Crippen MR) is 85.9 cm³/mol. The zero-order valence-electron chi connectivity index (χ0n) is 13.2. The third-order valence-electron chi connectivity index (χ3n) is 3.68. The van der Waals surface area contributed by atoms with Crippen LogP contribution in [0.1, 0.15) is 27.8 Å². The summed E-state index contributed by atoms with van der Waals surface area (Å²) in [4.78, 5) is 0. The molecule has 0 amide bonds. The largest absolute Gasteiger partial charge is 0.493 e. The molecule has 0 bridgehead atoms. The van der Waals surface area contributed by atoms with Crippen LogP contribution in [0.3, 0.4) is 0 Å². The lowest BCUT2D eigenvalue weighted by molar-refractivity contribution is 0.283. The van der Waals surface area contributed by atoms with Gasteiger partial charge in [-0.05, 0) is 55.2 Å². The van der Waals surface area contributed by atoms with Crippen molar-refractivity contribution >= 4 is 0 Å². The maximum Gasteiger partial charge on any atom is 0.161 e. The van der Waals surface area contributed by atoms with Gasteiger partial charge in [0.2, 0.25) is 0 Å². The minimum atomic E-state index is 0.493. The molecule has 3 nitrogen and oxygen atoms in total. The predicted octanol–water partition coefficient (Wildman–Crippen LogP) is 3.66. The molecule has 0 fully saturated rings. The van der Waals surface area contributed by atoms with Crippen LogP contribution in [0, 0.1) is 20.8 Å². The first kappa shape index (κ1) is 15.4. The van der Waals surface area contributed by atoms with Crippen molar-refractivity contribution in [2.24, 2.45) is 5.73 Å². The van der Waals surface area contributed by atoms with E-state index in [0.717, 1.165) is 17.1 Å². The summed E-state index contributed by atoms with van der Waals surface area (Å²) in [5.41, 5.74) is 11.7. The number of ether oxygens (including phenoxy) is 2. The zero-order chi connectivity index (χ0) is 15.4. The zero-order valence-corrected chi connectivity index (χ0v) is 13.2. The van der Waals surface area contributed by atoms with Crippen molar-refractivity contribution in [3.8, 4) is 11.5 Å². The van der Waals surface area contributed by atoms with E-state index in [1.54, 1.807) is 7.11 Å². The van der Waals surface area contributed by atoms with E-state index in [-0.39, 0.29) is 0 Å². The summed E-state index contributed by atoms with van der Waals surface area (Å²) in [7, 11) is 1.64. The van der Waals surface area contributed by atoms with Gasteiger partial charge in [-0.1, -0.05) is 23.8 Å². The lowest BCUT2D eigenvalue weighted by atomic mass is 10.0. The molecule has 0 saturated carbocycles. The number of hydrogen-bond donors (Lipinski definition) is 1. The van der Waals surface area contributed by atoms with Crippen LogP contribution in [-0.2, 0) is 13.2 Å². The van der Waals surface area contributed by atoms with Crippen molar-refractivity contribution in [1.29, 1.82) is 0 Å². The van der Waals surface area contributed by atoms with E-state index in [9.17, 15) is 0 Å². The first-order valence-electron chi connectivity index (χ1n) is 7.11. The number of aryl methyl sites for hydroxylation is 3. The second kappa shape index (κ2) is 6.64. The van der Waals surface area contributed by atoms with E-state index in [0.29, 0.717) is 13.2 Å². The minimum absolute atomic E-state index is 0.493. The molecule has 0 aliphatic rings. The first-order valence-corrected chi connectivity index (χ1v) is 7.11. The number of methoxy groups -OCH3 is 1. The molecule has 0 aromatic heterocycles. The lowest BCUT2D eigenvalue weighted by Gasteiger charge is -2.15. The second-order valence-corrected chi connectivity index (χ2v) is 5.36. The molecule has 0 spiro atoms. The quantitative estimate of drug-likeness (QED) is 0.912. The first-order chi connectivity index (χ1) is 10.0. The van der Waals surface area contributed by atoms with Crippen LogP contribution in [0.15, 0.2) is 30.3 Å².